The van der Waals surface area contributed by atoms with Crippen molar-refractivity contribution >= 4 is 11.9 Å². The molecule has 1 amide bonds. The van der Waals surface area contributed by atoms with E-state index in [9.17, 15) is 4.79 Å². The van der Waals surface area contributed by atoms with E-state index in [4.69, 9.17) is 0 Å². The number of anilines is 1. The van der Waals surface area contributed by atoms with Gasteiger partial charge in [0.25, 0.3) is 0 Å². The third-order valence-electron chi connectivity index (χ3n) is 3.71. The van der Waals surface area contributed by atoms with Gasteiger partial charge in [-0.1, -0.05) is 6.42 Å². The summed E-state index contributed by atoms with van der Waals surface area (Å²) < 4.78 is 0. The maximum atomic E-state index is 11.4. The zero-order valence-electron chi connectivity index (χ0n) is 10.6. The van der Waals surface area contributed by atoms with Gasteiger partial charge in [0.15, 0.2) is 0 Å². The van der Waals surface area contributed by atoms with E-state index in [-0.39, 0.29) is 5.91 Å². The van der Waals surface area contributed by atoms with Gasteiger partial charge in [0.05, 0.1) is 6.54 Å². The zero-order chi connectivity index (χ0) is 12.5. The van der Waals surface area contributed by atoms with E-state index in [0.29, 0.717) is 25.0 Å². The Kier molecular flexibility index (Phi) is 2.89. The van der Waals surface area contributed by atoms with Gasteiger partial charge in [-0.2, -0.15) is 0 Å². The first kappa shape index (κ1) is 11.4. The summed E-state index contributed by atoms with van der Waals surface area (Å²) in [7, 11) is 0. The number of piperazine rings is 1. The Hall–Kier alpha value is -1.65. The van der Waals surface area contributed by atoms with Crippen LogP contribution in [0.15, 0.2) is 6.07 Å². The Morgan fingerprint density at radius 2 is 2.22 bits per heavy atom. The Morgan fingerprint density at radius 3 is 2.89 bits per heavy atom. The molecule has 5 nitrogen and oxygen atoms in total. The van der Waals surface area contributed by atoms with Crippen LogP contribution in [0.5, 0.6) is 0 Å². The fourth-order valence-electron chi connectivity index (χ4n) is 2.44. The molecule has 0 spiro atoms. The van der Waals surface area contributed by atoms with Crippen LogP contribution in [0.2, 0.25) is 0 Å². The van der Waals surface area contributed by atoms with Crippen LogP contribution in [0.3, 0.4) is 0 Å². The molecule has 0 bridgehead atoms. The summed E-state index contributed by atoms with van der Waals surface area (Å²) in [5.41, 5.74) is 2.14. The topological polar surface area (TPSA) is 58.1 Å². The molecule has 1 saturated carbocycles. The number of carbonyl (C=O) groups is 1. The van der Waals surface area contributed by atoms with Crippen molar-refractivity contribution in [2.45, 2.75) is 32.1 Å². The van der Waals surface area contributed by atoms with E-state index in [1.807, 2.05) is 11.8 Å². The molecule has 96 valence electrons. The number of nitrogens with zero attached hydrogens (tertiary/aromatic N) is 3. The second kappa shape index (κ2) is 4.55. The molecule has 0 unspecified atom stereocenters. The molecule has 0 radical (unpaired) electrons. The SMILES string of the molecule is Cc1cc(C2CCC2)nc(N2CCNC(=O)C2)n1. The Morgan fingerprint density at radius 1 is 1.39 bits per heavy atom. The summed E-state index contributed by atoms with van der Waals surface area (Å²) in [5, 5.41) is 2.82. The van der Waals surface area contributed by atoms with Crippen LogP contribution < -0.4 is 10.2 Å². The van der Waals surface area contributed by atoms with Gasteiger partial charge in [-0.25, -0.2) is 9.97 Å². The average molecular weight is 246 g/mol. The van der Waals surface area contributed by atoms with Crippen LogP contribution in [-0.4, -0.2) is 35.5 Å². The van der Waals surface area contributed by atoms with Gasteiger partial charge < -0.3 is 10.2 Å². The predicted octanol–water partition coefficient (Wildman–Crippen LogP) is 0.989. The smallest absolute Gasteiger partial charge is 0.239 e. The summed E-state index contributed by atoms with van der Waals surface area (Å²) in [4.78, 5) is 22.5. The van der Waals surface area contributed by atoms with Crippen molar-refractivity contribution in [2.75, 3.05) is 24.5 Å². The molecular formula is C13H18N4O. The third kappa shape index (κ3) is 2.17. The maximum Gasteiger partial charge on any atom is 0.239 e. The highest BCUT2D eigenvalue weighted by atomic mass is 16.2. The number of aryl methyl sites for hydroxylation is 1. The van der Waals surface area contributed by atoms with Crippen LogP contribution in [0.25, 0.3) is 0 Å². The van der Waals surface area contributed by atoms with Crippen molar-refractivity contribution in [3.8, 4) is 0 Å². The normalized spacial score (nSPS) is 20.5. The molecule has 3 rings (SSSR count). The highest BCUT2D eigenvalue weighted by Gasteiger charge is 2.24. The molecule has 1 aliphatic heterocycles. The number of aromatic nitrogens is 2. The van der Waals surface area contributed by atoms with Crippen molar-refractivity contribution in [1.82, 2.24) is 15.3 Å². The number of carbonyl (C=O) groups excluding carboxylic acids is 1. The molecular weight excluding hydrogens is 228 g/mol. The number of hydrogen-bond donors (Lipinski definition) is 1. The van der Waals surface area contributed by atoms with Gasteiger partial charge in [-0.3, -0.25) is 4.79 Å². The molecule has 0 atom stereocenters. The van der Waals surface area contributed by atoms with Gasteiger partial charge in [-0.15, -0.1) is 0 Å². The largest absolute Gasteiger partial charge is 0.353 e. The second-order valence-corrected chi connectivity index (χ2v) is 5.13. The Labute approximate surface area is 107 Å². The predicted molar refractivity (Wildman–Crippen MR) is 68.6 cm³/mol. The summed E-state index contributed by atoms with van der Waals surface area (Å²) in [6, 6.07) is 2.08. The van der Waals surface area contributed by atoms with Crippen LogP contribution in [-0.2, 0) is 4.79 Å². The Balaban J connectivity index is 1.86. The van der Waals surface area contributed by atoms with E-state index in [1.165, 1.54) is 19.3 Å². The van der Waals surface area contributed by atoms with E-state index in [0.717, 1.165) is 17.9 Å². The lowest BCUT2D eigenvalue weighted by Crippen LogP contribution is -2.48. The lowest BCUT2D eigenvalue weighted by Gasteiger charge is -2.29. The van der Waals surface area contributed by atoms with E-state index in [1.54, 1.807) is 0 Å². The fourth-order valence-corrected chi connectivity index (χ4v) is 2.44. The van der Waals surface area contributed by atoms with Gasteiger partial charge in [0.2, 0.25) is 11.9 Å². The fraction of sp³-hybridized carbons (Fsp3) is 0.615. The first-order valence-corrected chi connectivity index (χ1v) is 6.59. The molecule has 2 aliphatic rings. The third-order valence-corrected chi connectivity index (χ3v) is 3.71. The average Bonchev–Trinajstić information content (AvgIpc) is 2.26. The van der Waals surface area contributed by atoms with Gasteiger partial charge in [0, 0.05) is 30.4 Å². The van der Waals surface area contributed by atoms with Crippen LogP contribution in [0.1, 0.15) is 36.6 Å². The highest BCUT2D eigenvalue weighted by molar-refractivity contribution is 5.81. The Bertz CT molecular complexity index is 470. The molecule has 1 N–H and O–H groups in total. The molecule has 5 heteroatoms. The summed E-state index contributed by atoms with van der Waals surface area (Å²) >= 11 is 0. The second-order valence-electron chi connectivity index (χ2n) is 5.13. The van der Waals surface area contributed by atoms with Crippen molar-refractivity contribution < 1.29 is 4.79 Å². The van der Waals surface area contributed by atoms with Crippen LogP contribution >= 0.6 is 0 Å². The lowest BCUT2D eigenvalue weighted by molar-refractivity contribution is -0.120. The zero-order valence-corrected chi connectivity index (χ0v) is 10.6. The van der Waals surface area contributed by atoms with Crippen molar-refractivity contribution in [1.29, 1.82) is 0 Å². The van der Waals surface area contributed by atoms with E-state index < -0.39 is 0 Å². The molecule has 18 heavy (non-hydrogen) atoms. The minimum atomic E-state index is 0.0524. The van der Waals surface area contributed by atoms with Crippen molar-refractivity contribution in [3.63, 3.8) is 0 Å². The molecule has 1 aromatic heterocycles. The van der Waals surface area contributed by atoms with Gasteiger partial charge in [0.1, 0.15) is 0 Å². The highest BCUT2D eigenvalue weighted by Crippen LogP contribution is 2.35. The summed E-state index contributed by atoms with van der Waals surface area (Å²) in [6.45, 7) is 3.83. The lowest BCUT2D eigenvalue weighted by atomic mass is 9.83. The molecule has 2 heterocycles. The number of rotatable bonds is 2. The first-order valence-electron chi connectivity index (χ1n) is 6.59. The van der Waals surface area contributed by atoms with Crippen LogP contribution in [0, 0.1) is 6.92 Å². The molecule has 0 aromatic carbocycles. The van der Waals surface area contributed by atoms with Gasteiger partial charge >= 0.3 is 0 Å². The van der Waals surface area contributed by atoms with Gasteiger partial charge in [-0.05, 0) is 25.8 Å². The first-order chi connectivity index (χ1) is 8.72. The molecule has 1 aliphatic carbocycles. The van der Waals surface area contributed by atoms with Crippen LogP contribution in [0.4, 0.5) is 5.95 Å². The summed E-state index contributed by atoms with van der Waals surface area (Å²) in [5.74, 6) is 1.37. The number of amides is 1. The maximum absolute atomic E-state index is 11.4. The van der Waals surface area contributed by atoms with E-state index >= 15 is 0 Å². The summed E-state index contributed by atoms with van der Waals surface area (Å²) in [6.07, 6.45) is 3.77. The minimum absolute atomic E-state index is 0.0524. The molecule has 2 fully saturated rings. The van der Waals surface area contributed by atoms with Crippen molar-refractivity contribution in [3.05, 3.63) is 17.5 Å². The molecule has 1 aromatic rings. The molecule has 1 saturated heterocycles. The van der Waals surface area contributed by atoms with Crippen molar-refractivity contribution in [2.24, 2.45) is 0 Å². The number of hydrogen-bond acceptors (Lipinski definition) is 4. The standard InChI is InChI=1S/C13H18N4O/c1-9-7-11(10-3-2-4-10)16-13(15-9)17-6-5-14-12(18)8-17/h7,10H,2-6,8H2,1H3,(H,14,18). The number of nitrogens with one attached hydrogen (secondary N) is 1. The quantitative estimate of drug-likeness (QED) is 0.845. The van der Waals surface area contributed by atoms with E-state index in [2.05, 4.69) is 21.4 Å². The minimum Gasteiger partial charge on any atom is -0.353 e. The monoisotopic (exact) mass is 246 g/mol.